The lowest BCUT2D eigenvalue weighted by molar-refractivity contribution is 0.0844. The fourth-order valence-electron chi connectivity index (χ4n) is 2.39. The van der Waals surface area contributed by atoms with E-state index in [2.05, 4.69) is 16.0 Å². The molecule has 1 aromatic heterocycles. The number of hydrogen-bond donors (Lipinski definition) is 2. The Morgan fingerprint density at radius 2 is 1.88 bits per heavy atom. The first-order chi connectivity index (χ1) is 12.4. The summed E-state index contributed by atoms with van der Waals surface area (Å²) in [5, 5.41) is 3.82. The minimum Gasteiger partial charge on any atom is -0.493 e. The van der Waals surface area contributed by atoms with Crippen LogP contribution >= 0.6 is 0 Å². The third kappa shape index (κ3) is 4.14. The van der Waals surface area contributed by atoms with Gasteiger partial charge in [-0.2, -0.15) is 0 Å². The van der Waals surface area contributed by atoms with Gasteiger partial charge in [0.25, 0.3) is 11.8 Å². The van der Waals surface area contributed by atoms with Crippen molar-refractivity contribution in [2.45, 2.75) is 33.6 Å². The second-order valence-corrected chi connectivity index (χ2v) is 5.87. The SMILES string of the molecule is CCOc1ccc(C(=O)NNC(=O)c2c(C)noc2C(C)C)cc1OC. The van der Waals surface area contributed by atoms with Crippen molar-refractivity contribution in [1.29, 1.82) is 0 Å². The van der Waals surface area contributed by atoms with Crippen LogP contribution < -0.4 is 20.3 Å². The molecule has 26 heavy (non-hydrogen) atoms. The molecule has 2 amide bonds. The number of nitrogens with zero attached hydrogens (tertiary/aromatic N) is 1. The highest BCUT2D eigenvalue weighted by Crippen LogP contribution is 2.28. The molecule has 1 aromatic carbocycles. The second-order valence-electron chi connectivity index (χ2n) is 5.87. The van der Waals surface area contributed by atoms with E-state index in [-0.39, 0.29) is 5.92 Å². The van der Waals surface area contributed by atoms with Gasteiger partial charge in [0.15, 0.2) is 17.3 Å². The number of hydrogen-bond acceptors (Lipinski definition) is 6. The number of hydrazine groups is 1. The van der Waals surface area contributed by atoms with E-state index in [4.69, 9.17) is 14.0 Å². The third-order valence-electron chi connectivity index (χ3n) is 3.66. The van der Waals surface area contributed by atoms with Crippen LogP contribution in [0.4, 0.5) is 0 Å². The number of aromatic nitrogens is 1. The zero-order valence-corrected chi connectivity index (χ0v) is 15.5. The molecule has 0 fully saturated rings. The van der Waals surface area contributed by atoms with Crippen LogP contribution in [0, 0.1) is 6.92 Å². The van der Waals surface area contributed by atoms with Crippen molar-refractivity contribution < 1.29 is 23.6 Å². The first kappa shape index (κ1) is 19.3. The maximum absolute atomic E-state index is 12.4. The molecule has 0 spiro atoms. The molecule has 0 saturated heterocycles. The van der Waals surface area contributed by atoms with Gasteiger partial charge >= 0.3 is 0 Å². The maximum Gasteiger partial charge on any atom is 0.275 e. The van der Waals surface area contributed by atoms with Gasteiger partial charge in [-0.25, -0.2) is 0 Å². The summed E-state index contributed by atoms with van der Waals surface area (Å²) < 4.78 is 15.8. The molecule has 0 bridgehead atoms. The van der Waals surface area contributed by atoms with Gasteiger partial charge in [0.1, 0.15) is 5.56 Å². The highest BCUT2D eigenvalue weighted by molar-refractivity contribution is 6.00. The molecule has 1 heterocycles. The van der Waals surface area contributed by atoms with E-state index in [1.54, 1.807) is 19.1 Å². The van der Waals surface area contributed by atoms with E-state index in [9.17, 15) is 9.59 Å². The lowest BCUT2D eigenvalue weighted by Crippen LogP contribution is -2.42. The van der Waals surface area contributed by atoms with E-state index >= 15 is 0 Å². The molecular weight excluding hydrogens is 338 g/mol. The number of carbonyl (C=O) groups is 2. The number of methoxy groups -OCH3 is 1. The Morgan fingerprint density at radius 1 is 1.19 bits per heavy atom. The summed E-state index contributed by atoms with van der Waals surface area (Å²) >= 11 is 0. The van der Waals surface area contributed by atoms with Gasteiger partial charge < -0.3 is 14.0 Å². The van der Waals surface area contributed by atoms with Crippen LogP contribution in [-0.2, 0) is 0 Å². The number of rotatable bonds is 6. The Labute approximate surface area is 151 Å². The lowest BCUT2D eigenvalue weighted by Gasteiger charge is -2.12. The smallest absolute Gasteiger partial charge is 0.275 e. The van der Waals surface area contributed by atoms with Crippen molar-refractivity contribution in [3.05, 3.63) is 40.8 Å². The van der Waals surface area contributed by atoms with Crippen LogP contribution in [0.15, 0.2) is 22.7 Å². The summed E-state index contributed by atoms with van der Waals surface area (Å²) in [7, 11) is 1.49. The van der Waals surface area contributed by atoms with E-state index in [0.29, 0.717) is 40.7 Å². The van der Waals surface area contributed by atoms with E-state index in [1.807, 2.05) is 20.8 Å². The highest BCUT2D eigenvalue weighted by atomic mass is 16.5. The number of benzene rings is 1. The standard InChI is InChI=1S/C18H23N3O5/c1-6-25-13-8-7-12(9-14(13)24-5)17(22)19-20-18(23)15-11(4)21-26-16(15)10(2)3/h7-10H,6H2,1-5H3,(H,19,22)(H,20,23). The van der Waals surface area contributed by atoms with Crippen LogP contribution in [0.5, 0.6) is 11.5 Å². The Kier molecular flexibility index (Phi) is 6.21. The number of amides is 2. The number of aryl methyl sites for hydroxylation is 1. The van der Waals surface area contributed by atoms with Gasteiger partial charge in [0.05, 0.1) is 19.4 Å². The Hall–Kier alpha value is -3.03. The molecule has 0 aliphatic rings. The molecule has 0 saturated carbocycles. The molecule has 0 unspecified atom stereocenters. The fourth-order valence-corrected chi connectivity index (χ4v) is 2.39. The average Bonchev–Trinajstić information content (AvgIpc) is 3.01. The van der Waals surface area contributed by atoms with Gasteiger partial charge in [-0.15, -0.1) is 0 Å². The topological polar surface area (TPSA) is 103 Å². The van der Waals surface area contributed by atoms with Gasteiger partial charge in [-0.1, -0.05) is 19.0 Å². The maximum atomic E-state index is 12.4. The van der Waals surface area contributed by atoms with Gasteiger partial charge in [-0.3, -0.25) is 20.4 Å². The number of nitrogens with one attached hydrogen (secondary N) is 2. The van der Waals surface area contributed by atoms with Crippen molar-refractivity contribution in [2.75, 3.05) is 13.7 Å². The summed E-state index contributed by atoms with van der Waals surface area (Å²) in [5.74, 6) is 0.457. The Morgan fingerprint density at radius 3 is 2.50 bits per heavy atom. The molecule has 2 N–H and O–H groups in total. The summed E-state index contributed by atoms with van der Waals surface area (Å²) in [5.41, 5.74) is 5.87. The van der Waals surface area contributed by atoms with Crippen molar-refractivity contribution in [3.8, 4) is 11.5 Å². The predicted molar refractivity (Wildman–Crippen MR) is 94.4 cm³/mol. The van der Waals surface area contributed by atoms with E-state index in [1.165, 1.54) is 13.2 Å². The summed E-state index contributed by atoms with van der Waals surface area (Å²) in [6.07, 6.45) is 0. The van der Waals surface area contributed by atoms with Crippen LogP contribution in [-0.4, -0.2) is 30.7 Å². The van der Waals surface area contributed by atoms with Crippen LogP contribution in [0.3, 0.4) is 0 Å². The third-order valence-corrected chi connectivity index (χ3v) is 3.66. The zero-order valence-electron chi connectivity index (χ0n) is 15.5. The number of carbonyl (C=O) groups excluding carboxylic acids is 2. The normalized spacial score (nSPS) is 10.5. The summed E-state index contributed by atoms with van der Waals surface area (Å²) in [4.78, 5) is 24.7. The van der Waals surface area contributed by atoms with Gasteiger partial charge in [-0.05, 0) is 32.0 Å². The quantitative estimate of drug-likeness (QED) is 0.767. The summed E-state index contributed by atoms with van der Waals surface area (Å²) in [6.45, 7) is 7.79. The van der Waals surface area contributed by atoms with E-state index in [0.717, 1.165) is 0 Å². The van der Waals surface area contributed by atoms with Crippen molar-refractivity contribution in [2.24, 2.45) is 0 Å². The first-order valence-electron chi connectivity index (χ1n) is 8.26. The van der Waals surface area contributed by atoms with Crippen LogP contribution in [0.2, 0.25) is 0 Å². The van der Waals surface area contributed by atoms with E-state index < -0.39 is 11.8 Å². The van der Waals surface area contributed by atoms with Gasteiger partial charge in [0.2, 0.25) is 0 Å². The van der Waals surface area contributed by atoms with Crippen LogP contribution in [0.1, 0.15) is 58.9 Å². The first-order valence-corrected chi connectivity index (χ1v) is 8.26. The minimum absolute atomic E-state index is 0.0111. The van der Waals surface area contributed by atoms with Gasteiger partial charge in [0, 0.05) is 11.5 Å². The largest absolute Gasteiger partial charge is 0.493 e. The molecule has 140 valence electrons. The Bertz CT molecular complexity index is 798. The molecule has 0 aliphatic heterocycles. The van der Waals surface area contributed by atoms with Crippen LogP contribution in [0.25, 0.3) is 0 Å². The molecule has 2 aromatic rings. The minimum atomic E-state index is -0.487. The second kappa shape index (κ2) is 8.37. The predicted octanol–water partition coefficient (Wildman–Crippen LogP) is 2.59. The van der Waals surface area contributed by atoms with Crippen molar-refractivity contribution in [3.63, 3.8) is 0 Å². The van der Waals surface area contributed by atoms with Crippen molar-refractivity contribution >= 4 is 11.8 Å². The fraction of sp³-hybridized carbons (Fsp3) is 0.389. The lowest BCUT2D eigenvalue weighted by atomic mass is 10.0. The molecule has 0 aliphatic carbocycles. The monoisotopic (exact) mass is 361 g/mol. The molecule has 8 nitrogen and oxygen atoms in total. The molecular formula is C18H23N3O5. The summed E-state index contributed by atoms with van der Waals surface area (Å²) in [6, 6.07) is 4.76. The Balaban J connectivity index is 2.09. The molecule has 0 radical (unpaired) electrons. The molecule has 2 rings (SSSR count). The number of ether oxygens (including phenoxy) is 2. The average molecular weight is 361 g/mol. The molecule has 8 heteroatoms. The highest BCUT2D eigenvalue weighted by Gasteiger charge is 2.23. The zero-order chi connectivity index (χ0) is 19.3. The van der Waals surface area contributed by atoms with Crippen molar-refractivity contribution in [1.82, 2.24) is 16.0 Å². The molecule has 0 atom stereocenters.